The van der Waals surface area contributed by atoms with E-state index in [4.69, 9.17) is 9.72 Å². The zero-order valence-electron chi connectivity index (χ0n) is 31.6. The van der Waals surface area contributed by atoms with Crippen LogP contribution in [0.4, 0.5) is 28.4 Å². The molecular formula is C48H38N5OPtS-3. The molecule has 9 aromatic rings. The Balaban J connectivity index is 0.00000410. The van der Waals surface area contributed by atoms with E-state index in [1.165, 1.54) is 31.1 Å². The quantitative estimate of drug-likeness (QED) is 0.155. The van der Waals surface area contributed by atoms with Crippen molar-refractivity contribution in [1.29, 1.82) is 0 Å². The van der Waals surface area contributed by atoms with Crippen molar-refractivity contribution in [3.63, 3.8) is 0 Å². The van der Waals surface area contributed by atoms with Crippen molar-refractivity contribution in [1.82, 2.24) is 9.55 Å². The first-order valence-corrected chi connectivity index (χ1v) is 19.3. The second kappa shape index (κ2) is 13.8. The van der Waals surface area contributed by atoms with Gasteiger partial charge in [-0.1, -0.05) is 92.3 Å². The number of hydrogen-bond donors (Lipinski definition) is 0. The van der Waals surface area contributed by atoms with Gasteiger partial charge in [0.2, 0.25) is 0 Å². The van der Waals surface area contributed by atoms with Crippen molar-refractivity contribution >= 4 is 81.8 Å². The first-order chi connectivity index (χ1) is 26.7. The van der Waals surface area contributed by atoms with Gasteiger partial charge in [-0.25, -0.2) is 4.98 Å². The molecule has 0 amide bonds. The molecule has 56 heavy (non-hydrogen) atoms. The predicted molar refractivity (Wildman–Crippen MR) is 230 cm³/mol. The van der Waals surface area contributed by atoms with E-state index in [-0.39, 0.29) is 26.5 Å². The predicted octanol–water partition coefficient (Wildman–Crippen LogP) is 12.7. The van der Waals surface area contributed by atoms with Gasteiger partial charge in [0.15, 0.2) is 0 Å². The Morgan fingerprint density at radius 3 is 2.25 bits per heavy atom. The van der Waals surface area contributed by atoms with Crippen LogP contribution in [0.1, 0.15) is 26.3 Å². The minimum absolute atomic E-state index is 0. The Labute approximate surface area is 345 Å². The number of hydrogen-bond acceptors (Lipinski definition) is 6. The topological polar surface area (TPSA) is 36.8 Å². The molecule has 0 saturated carbocycles. The summed E-state index contributed by atoms with van der Waals surface area (Å²) in [6.07, 6.45) is 1.88. The molecule has 1 aliphatic rings. The van der Waals surface area contributed by atoms with E-state index in [9.17, 15) is 0 Å². The first-order valence-electron chi connectivity index (χ1n) is 18.5. The van der Waals surface area contributed by atoms with E-state index in [2.05, 4.69) is 176 Å². The van der Waals surface area contributed by atoms with Crippen LogP contribution in [0.2, 0.25) is 0 Å². The fourth-order valence-electron chi connectivity index (χ4n) is 7.85. The van der Waals surface area contributed by atoms with Crippen LogP contribution in [0.25, 0.3) is 47.8 Å². The van der Waals surface area contributed by atoms with Crippen LogP contribution >= 0.6 is 11.3 Å². The molecule has 0 radical (unpaired) electrons. The molecule has 6 aromatic carbocycles. The van der Waals surface area contributed by atoms with Gasteiger partial charge in [0.05, 0.1) is 5.52 Å². The molecule has 10 rings (SSSR count). The second-order valence-electron chi connectivity index (χ2n) is 15.2. The van der Waals surface area contributed by atoms with Crippen LogP contribution in [-0.4, -0.2) is 23.6 Å². The van der Waals surface area contributed by atoms with E-state index in [0.717, 1.165) is 50.7 Å². The Hall–Kier alpha value is -5.62. The van der Waals surface area contributed by atoms with Gasteiger partial charge >= 0.3 is 0 Å². The third-order valence-electron chi connectivity index (χ3n) is 10.5. The Kier molecular flexibility index (Phi) is 8.91. The van der Waals surface area contributed by atoms with E-state index in [1.807, 2.05) is 41.8 Å². The SMILES string of the molecule is CN(C)c1ccnc(-n2c3[c-]c(Oc4[c-]c(N5[CH-]N(c6ccccc6C(C)(C)C)c6ccccc65)ccc4)ccc3c3sc4ccc5ccccc5c4c32)c1.[Pt]. The number of thiophene rings is 1. The summed E-state index contributed by atoms with van der Waals surface area (Å²) in [6.45, 7) is 8.94. The number of ether oxygens (including phenoxy) is 1. The van der Waals surface area contributed by atoms with Gasteiger partial charge in [0.25, 0.3) is 0 Å². The summed E-state index contributed by atoms with van der Waals surface area (Å²) < 4.78 is 11.3. The maximum atomic E-state index is 6.63. The molecule has 0 saturated heterocycles. The average Bonchev–Trinajstić information content (AvgIpc) is 3.87. The molecule has 4 heterocycles. The Morgan fingerprint density at radius 1 is 0.714 bits per heavy atom. The van der Waals surface area contributed by atoms with Crippen molar-refractivity contribution in [2.75, 3.05) is 28.8 Å². The van der Waals surface area contributed by atoms with Crippen molar-refractivity contribution in [3.05, 3.63) is 158 Å². The van der Waals surface area contributed by atoms with Crippen LogP contribution in [-0.2, 0) is 26.5 Å². The second-order valence-corrected chi connectivity index (χ2v) is 16.3. The van der Waals surface area contributed by atoms with Crippen LogP contribution in [0.15, 0.2) is 134 Å². The molecule has 0 atom stereocenters. The van der Waals surface area contributed by atoms with Gasteiger partial charge in [-0.2, -0.15) is 12.1 Å². The fraction of sp³-hybridized carbons (Fsp3) is 0.125. The molecular weight excluding hydrogens is 890 g/mol. The number of pyridine rings is 1. The molecule has 0 bridgehead atoms. The molecule has 1 aliphatic heterocycles. The van der Waals surface area contributed by atoms with Gasteiger partial charge < -0.3 is 24.0 Å². The van der Waals surface area contributed by atoms with Crippen LogP contribution < -0.4 is 19.4 Å². The Bertz CT molecular complexity index is 2940. The number of aromatic nitrogens is 2. The van der Waals surface area contributed by atoms with Gasteiger partial charge in [0.1, 0.15) is 5.82 Å². The fourth-order valence-corrected chi connectivity index (χ4v) is 9.08. The van der Waals surface area contributed by atoms with Crippen LogP contribution in [0.5, 0.6) is 11.5 Å². The zero-order chi connectivity index (χ0) is 37.4. The molecule has 0 N–H and O–H groups in total. The van der Waals surface area contributed by atoms with Gasteiger partial charge in [-0.3, -0.25) is 0 Å². The third kappa shape index (κ3) is 5.93. The molecule has 0 spiro atoms. The number of fused-ring (bicyclic) bond motifs is 8. The summed E-state index contributed by atoms with van der Waals surface area (Å²) in [4.78, 5) is 11.5. The van der Waals surface area contributed by atoms with Crippen molar-refractivity contribution in [2.45, 2.75) is 26.2 Å². The molecule has 0 unspecified atom stereocenters. The summed E-state index contributed by atoms with van der Waals surface area (Å²) in [5, 5.41) is 4.78. The zero-order valence-corrected chi connectivity index (χ0v) is 34.7. The van der Waals surface area contributed by atoms with Gasteiger partial charge in [0, 0.05) is 96.5 Å². The van der Waals surface area contributed by atoms with Crippen molar-refractivity contribution < 1.29 is 25.8 Å². The van der Waals surface area contributed by atoms with Crippen LogP contribution in [0.3, 0.4) is 0 Å². The van der Waals surface area contributed by atoms with Crippen molar-refractivity contribution in [3.8, 4) is 17.3 Å². The van der Waals surface area contributed by atoms with Crippen molar-refractivity contribution in [2.24, 2.45) is 0 Å². The number of benzene rings is 6. The largest absolute Gasteiger partial charge is 0.509 e. The monoisotopic (exact) mass is 927 g/mol. The molecule has 280 valence electrons. The molecule has 0 aliphatic carbocycles. The number of nitrogens with zero attached hydrogens (tertiary/aromatic N) is 5. The van der Waals surface area contributed by atoms with Gasteiger partial charge in [-0.05, 0) is 52.1 Å². The van der Waals surface area contributed by atoms with Gasteiger partial charge in [-0.15, -0.1) is 54.0 Å². The summed E-state index contributed by atoms with van der Waals surface area (Å²) in [7, 11) is 4.11. The maximum absolute atomic E-state index is 6.63. The third-order valence-corrected chi connectivity index (χ3v) is 11.6. The Morgan fingerprint density at radius 2 is 1.45 bits per heavy atom. The standard InChI is InChI=1S/C48H38N5OS.Pt/c1-48(2,3)38-17-8-9-18-39(38)52-30-51(40-19-10-11-20-41(40)52)33-14-12-15-34(27-33)54-35-22-23-37-42(29-35)53(44-28-32(50(4)5)25-26-49-44)46-45-36-16-7-6-13-31(36)21-24-43(45)55-47(37)46;/h6-26,28,30H,1-5H3;/q-3;. The van der Waals surface area contributed by atoms with E-state index >= 15 is 0 Å². The van der Waals surface area contributed by atoms with E-state index in [0.29, 0.717) is 11.5 Å². The number of anilines is 5. The molecule has 3 aromatic heterocycles. The minimum atomic E-state index is -0.0225. The molecule has 8 heteroatoms. The number of rotatable bonds is 6. The minimum Gasteiger partial charge on any atom is -0.509 e. The maximum Gasteiger partial charge on any atom is 0.137 e. The summed E-state index contributed by atoms with van der Waals surface area (Å²) >= 11 is 1.81. The van der Waals surface area contributed by atoms with E-state index in [1.54, 1.807) is 0 Å². The summed E-state index contributed by atoms with van der Waals surface area (Å²) in [5.74, 6) is 2.05. The van der Waals surface area contributed by atoms with E-state index < -0.39 is 0 Å². The van der Waals surface area contributed by atoms with Crippen LogP contribution in [0, 0.1) is 18.8 Å². The average molecular weight is 928 g/mol. The normalized spacial score (nSPS) is 12.8. The summed E-state index contributed by atoms with van der Waals surface area (Å²) in [5.41, 5.74) is 8.63. The molecule has 0 fully saturated rings. The smallest absolute Gasteiger partial charge is 0.137 e. The number of para-hydroxylation sites is 3. The summed E-state index contributed by atoms with van der Waals surface area (Å²) in [6, 6.07) is 51.9. The molecule has 6 nitrogen and oxygen atoms in total. The first kappa shape index (κ1) is 36.0.